The summed E-state index contributed by atoms with van der Waals surface area (Å²) in [7, 11) is 13.9. The van der Waals surface area contributed by atoms with Crippen LogP contribution in [0.3, 0.4) is 0 Å². The van der Waals surface area contributed by atoms with Gasteiger partial charge in [0.25, 0.3) is 0 Å². The fourth-order valence-electron chi connectivity index (χ4n) is 17.0. The lowest BCUT2D eigenvalue weighted by atomic mass is 9.85. The molecule has 8 atom stereocenters. The number of ether oxygens (including phenoxy) is 8. The molecule has 8 aromatic heterocycles. The van der Waals surface area contributed by atoms with E-state index in [1.54, 1.807) is 134 Å². The highest BCUT2D eigenvalue weighted by atomic mass is 16.6. The fraction of sp³-hybridized carbons (Fsp3) is 0.553. The number of nitrogens with zero attached hydrogens (tertiary/aromatic N) is 20. The Morgan fingerprint density at radius 2 is 0.679 bits per heavy atom. The number of pyridine rings is 4. The molecule has 0 bridgehead atoms. The third-order valence-electron chi connectivity index (χ3n) is 25.3. The first-order chi connectivity index (χ1) is 64.4. The van der Waals surface area contributed by atoms with Gasteiger partial charge in [-0.3, -0.25) is 29.1 Å². The van der Waals surface area contributed by atoms with Crippen LogP contribution in [0.25, 0.3) is 45.6 Å². The summed E-state index contributed by atoms with van der Waals surface area (Å²) in [5.74, 6) is -0.920. The molecule has 720 valence electrons. The highest BCUT2D eigenvalue weighted by Crippen LogP contribution is 2.37. The van der Waals surface area contributed by atoms with Crippen molar-refractivity contribution < 1.29 is 96.7 Å². The van der Waals surface area contributed by atoms with Crippen molar-refractivity contribution in [3.63, 3.8) is 0 Å². The molecule has 4 amide bonds. The van der Waals surface area contributed by atoms with E-state index in [-0.39, 0.29) is 86.7 Å². The molecule has 40 heteroatoms. The molecule has 0 saturated heterocycles. The van der Waals surface area contributed by atoms with Crippen LogP contribution in [0.5, 0.6) is 23.0 Å². The van der Waals surface area contributed by atoms with E-state index in [0.717, 1.165) is 63.4 Å². The van der Waals surface area contributed by atoms with Gasteiger partial charge in [0.15, 0.2) is 0 Å². The Hall–Kier alpha value is -13.5. The van der Waals surface area contributed by atoms with Gasteiger partial charge in [-0.05, 0) is 215 Å². The lowest BCUT2D eigenvalue weighted by Gasteiger charge is -2.29. The van der Waals surface area contributed by atoms with Gasteiger partial charge in [0.1, 0.15) is 95.0 Å². The molecular formula is C94H124N20O20. The first-order valence-corrected chi connectivity index (χ1v) is 46.0. The van der Waals surface area contributed by atoms with Gasteiger partial charge in [0, 0.05) is 82.6 Å². The van der Waals surface area contributed by atoms with Crippen molar-refractivity contribution >= 4 is 48.3 Å². The summed E-state index contributed by atoms with van der Waals surface area (Å²) in [4.78, 5) is 119. The highest BCUT2D eigenvalue weighted by molar-refractivity contribution is 5.73. The molecule has 6 fully saturated rings. The topological polar surface area (TPSA) is 479 Å². The van der Waals surface area contributed by atoms with Crippen molar-refractivity contribution in [1.82, 2.24) is 99.5 Å². The lowest BCUT2D eigenvalue weighted by molar-refractivity contribution is -0.144. The minimum atomic E-state index is -0.770. The van der Waals surface area contributed by atoms with Crippen LogP contribution < -0.4 is 18.9 Å². The normalized spacial score (nSPS) is 19.2. The van der Waals surface area contributed by atoms with Crippen molar-refractivity contribution in [3.8, 4) is 68.5 Å². The smallest absolute Gasteiger partial charge is 0.410 e. The molecule has 1 aromatic carbocycles. The molecule has 0 spiro atoms. The lowest BCUT2D eigenvalue weighted by Crippen LogP contribution is -2.34. The average molecular weight is 1850 g/mol. The van der Waals surface area contributed by atoms with Crippen LogP contribution in [0.2, 0.25) is 0 Å². The number of rotatable bonds is 32. The molecule has 0 aliphatic heterocycles. The van der Waals surface area contributed by atoms with Gasteiger partial charge in [0.05, 0.1) is 94.6 Å². The molecule has 0 radical (unpaired) electrons. The van der Waals surface area contributed by atoms with Crippen LogP contribution >= 0.6 is 0 Å². The van der Waals surface area contributed by atoms with Crippen LogP contribution in [0.15, 0.2) is 91.3 Å². The predicted octanol–water partition coefficient (Wildman–Crippen LogP) is 13.7. The van der Waals surface area contributed by atoms with Crippen molar-refractivity contribution in [3.05, 3.63) is 131 Å². The number of carbonyl (C=O) groups excluding carboxylic acids is 4. The maximum atomic E-state index is 12.5. The van der Waals surface area contributed by atoms with Gasteiger partial charge < -0.3 is 77.9 Å². The fourth-order valence-corrected chi connectivity index (χ4v) is 17.0. The zero-order chi connectivity index (χ0) is 95.6. The van der Waals surface area contributed by atoms with E-state index in [1.165, 1.54) is 48.3 Å². The van der Waals surface area contributed by atoms with Crippen molar-refractivity contribution in [1.29, 1.82) is 0 Å². The van der Waals surface area contributed by atoms with Gasteiger partial charge in [-0.15, -0.1) is 20.4 Å². The Balaban J connectivity index is 0.000000161. The predicted molar refractivity (Wildman–Crippen MR) is 484 cm³/mol. The minimum Gasteiger partial charge on any atom is -0.489 e. The molecule has 4 N–H and O–H groups in total. The summed E-state index contributed by atoms with van der Waals surface area (Å²) >= 11 is 0. The van der Waals surface area contributed by atoms with Gasteiger partial charge in [-0.2, -0.15) is 0 Å². The van der Waals surface area contributed by atoms with E-state index >= 15 is 0 Å². The van der Waals surface area contributed by atoms with Gasteiger partial charge in [-0.1, -0.05) is 71.0 Å². The van der Waals surface area contributed by atoms with Crippen LogP contribution in [-0.4, -0.2) is 240 Å². The van der Waals surface area contributed by atoms with Crippen LogP contribution in [0.1, 0.15) is 194 Å². The molecule has 9 aromatic rings. The Bertz CT molecular complexity index is 5430. The molecule has 8 heterocycles. The van der Waals surface area contributed by atoms with Crippen LogP contribution in [0, 0.1) is 49.4 Å². The molecule has 6 saturated carbocycles. The Morgan fingerprint density at radius 1 is 0.373 bits per heavy atom. The monoisotopic (exact) mass is 1850 g/mol. The zero-order valence-corrected chi connectivity index (χ0v) is 78.1. The summed E-state index contributed by atoms with van der Waals surface area (Å²) in [6.45, 7) is 8.28. The SMILES string of the molecule is CCCN(C)C(=O)OCc1c(-c2ccc(O[C@H]3CCC[C@H](C(=O)O)C3)c(C)n2)nnn1C.CN(CC1CCC1)C(=O)OCc1c(-c2ccc(O[C@H]3CCC[C@H](C(=O)O)C3)cn2)nnn1C.CN(Cc1ccccc1)C(=O)OCc1c(-c2ccc(O[C@H]3CCC[C@H](C(=O)O)C3)cn2)nnn1C.Cc1nc(-c2nnn(C)c2COC(=O)N(C)CC2CCC2)ccc1O[C@H]1CCC[C@H](C(=O)O)C1. The Kier molecular flexibility index (Phi) is 35.5. The second kappa shape index (κ2) is 47.8. The van der Waals surface area contributed by atoms with E-state index in [9.17, 15) is 58.8 Å². The number of aromatic nitrogens is 16. The van der Waals surface area contributed by atoms with Crippen molar-refractivity contribution in [2.24, 2.45) is 63.7 Å². The first-order valence-electron chi connectivity index (χ1n) is 46.0. The molecule has 6 aliphatic rings. The van der Waals surface area contributed by atoms with E-state index in [2.05, 4.69) is 61.2 Å². The van der Waals surface area contributed by atoms with Crippen molar-refractivity contribution in [2.45, 2.75) is 226 Å². The van der Waals surface area contributed by atoms with E-state index in [1.807, 2.05) is 63.2 Å². The molecule has 0 unspecified atom stereocenters. The summed E-state index contributed by atoms with van der Waals surface area (Å²) in [6, 6.07) is 24.0. The number of carboxylic acids is 4. The Labute approximate surface area is 777 Å². The highest BCUT2D eigenvalue weighted by Gasteiger charge is 2.35. The Morgan fingerprint density at radius 3 is 0.978 bits per heavy atom. The molecule has 134 heavy (non-hydrogen) atoms. The number of amides is 4. The van der Waals surface area contributed by atoms with E-state index < -0.39 is 36.1 Å². The summed E-state index contributed by atoms with van der Waals surface area (Å²) in [6.07, 6.45) is 20.5. The van der Waals surface area contributed by atoms with E-state index in [4.69, 9.17) is 37.9 Å². The molecular weight excluding hydrogens is 1730 g/mol. The number of hydrogen-bond acceptors (Lipinski definition) is 28. The summed E-state index contributed by atoms with van der Waals surface area (Å²) in [5.41, 5.74) is 9.45. The third-order valence-corrected chi connectivity index (χ3v) is 25.3. The van der Waals surface area contributed by atoms with Gasteiger partial charge in [0.2, 0.25) is 0 Å². The zero-order valence-electron chi connectivity index (χ0n) is 78.1. The second-order valence-electron chi connectivity index (χ2n) is 35.5. The minimum absolute atomic E-state index is 0.00458. The molecule has 15 rings (SSSR count). The number of aryl methyl sites for hydroxylation is 6. The van der Waals surface area contributed by atoms with Crippen LogP contribution in [-0.2, 0) is 99.3 Å². The number of carboxylic acid groups (broad SMARTS) is 4. The van der Waals surface area contributed by atoms with Gasteiger partial charge >= 0.3 is 48.3 Å². The third kappa shape index (κ3) is 27.6. The maximum absolute atomic E-state index is 12.5. The standard InChI is InChI=1S/C25H29N5O5.C24H33N5O5.C23H31N5O5.C22H31N5O5/c1-29(15-17-7-4-3-5-8-17)25(33)34-16-22-23(27-28-30(22)2)21-12-11-20(14-26-21)35-19-10-6-9-18(13-19)24(31)32;1-15-21(34-18-9-5-8-17(12-18)23(30)31)11-10-19(25-15)22-20(29(3)27-26-22)14-33-24(32)28(2)13-16-6-4-7-16;1-27(13-15-5-3-6-15)23(31)32-14-20-21(25-26-28(20)2)19-10-9-18(12-24-19)33-17-8-4-7-16(11-17)22(29)30;1-5-11-26(3)22(30)31-13-18-20(24-25-27(18)4)17-9-10-19(14(2)23-17)32-16-8-6-7-15(12-16)21(28)29/h3-5,7-8,11-12,14,18-19H,6,9-10,13,15-16H2,1-2H3,(H,31,32);10-11,16-18H,4-9,12-14H2,1-3H3,(H,30,31);9-10,12,15-17H,3-8,11,13-14H2,1-2H3,(H,29,30);9-10,15-16H,5-8,11-13H2,1-4H3,(H,28,29)/t18-,19-;17-,18-;16-,17-;15-,16-/m0000/s1. The summed E-state index contributed by atoms with van der Waals surface area (Å²) < 4.78 is 52.4. The number of carbonyl (C=O) groups is 8. The van der Waals surface area contributed by atoms with Crippen molar-refractivity contribution in [2.75, 3.05) is 47.8 Å². The maximum Gasteiger partial charge on any atom is 0.410 e. The van der Waals surface area contributed by atoms with E-state index in [0.29, 0.717) is 192 Å². The van der Waals surface area contributed by atoms with Gasteiger partial charge in [-0.25, -0.2) is 47.9 Å². The second-order valence-corrected chi connectivity index (χ2v) is 35.5. The number of benzene rings is 1. The quantitative estimate of drug-likeness (QED) is 0.0284. The van der Waals surface area contributed by atoms with Crippen LogP contribution in [0.4, 0.5) is 19.2 Å². The summed E-state index contributed by atoms with van der Waals surface area (Å²) in [5, 5.41) is 70.2. The first kappa shape index (κ1) is 99.6. The average Bonchev–Trinajstić information content (AvgIpc) is 1.66. The molecule has 40 nitrogen and oxygen atoms in total. The largest absolute Gasteiger partial charge is 0.489 e. The number of aliphatic carboxylic acids is 4. The number of hydrogen-bond donors (Lipinski definition) is 4. The molecule has 6 aliphatic carbocycles.